The van der Waals surface area contributed by atoms with E-state index in [9.17, 15) is 0 Å². The minimum atomic E-state index is 0.866. The van der Waals surface area contributed by atoms with Crippen LogP contribution in [0.1, 0.15) is 0 Å². The molecule has 0 radical (unpaired) electrons. The third kappa shape index (κ3) is 7.52. The van der Waals surface area contributed by atoms with E-state index in [1.54, 1.807) is 0 Å². The molecule has 0 aliphatic rings. The molecule has 0 unspecified atom stereocenters. The summed E-state index contributed by atoms with van der Waals surface area (Å²) in [5.41, 5.74) is 20.5. The average Bonchev–Trinajstić information content (AvgIpc) is 0.930. The first-order valence-electron chi connectivity index (χ1n) is 30.7. The van der Waals surface area contributed by atoms with Gasteiger partial charge in [-0.05, 0) is 176 Å². The molecule has 0 spiro atoms. The van der Waals surface area contributed by atoms with E-state index in [1.165, 1.54) is 0 Å². The maximum absolute atomic E-state index is 6.88. The molecule has 0 aliphatic heterocycles. The fourth-order valence-corrected chi connectivity index (χ4v) is 14.7. The number of aromatic nitrogens is 4. The van der Waals surface area contributed by atoms with Crippen LogP contribution in [-0.2, 0) is 0 Å². The van der Waals surface area contributed by atoms with E-state index >= 15 is 0 Å². The Morgan fingerprint density at radius 3 is 0.800 bits per heavy atom. The van der Waals surface area contributed by atoms with Gasteiger partial charge in [0, 0.05) is 55.4 Å². The Kier molecular flexibility index (Phi) is 11.0. The van der Waals surface area contributed by atoms with Crippen molar-refractivity contribution in [1.82, 2.24) is 18.3 Å². The third-order valence-electron chi connectivity index (χ3n) is 18.6. The molecule has 6 nitrogen and oxygen atoms in total. The second-order valence-electron chi connectivity index (χ2n) is 23.5. The van der Waals surface area contributed by atoms with Crippen LogP contribution in [0.4, 0.5) is 0 Å². The summed E-state index contributed by atoms with van der Waals surface area (Å²) in [6.45, 7) is 0. The molecule has 0 fully saturated rings. The third-order valence-corrected chi connectivity index (χ3v) is 18.6. The standard InChI is InChI=1S/C84H52N4O2/c1-5-23-55(24-6-1)85-73-37-15-17-39-75(73)87(57-27-9-3-10-28-57)79-51-71-68-48-54(60-34-22-36-66-64-32-14-20-42-82(64)90-84(60)66)44-46-62(68)70-50-78-80(88(58-29-11-4-12-30-58)76-40-18-16-38-74(76)86(78)56-25-7-2-8-26-56)52-72(70)67-47-53(43-45-61(67)69(71)49-77(79)85)59-33-21-35-65-63-31-13-19-41-81(63)89-83(59)65/h1-52H. The van der Waals surface area contributed by atoms with Crippen molar-refractivity contribution in [2.24, 2.45) is 0 Å². The Bertz CT molecular complexity index is 5870. The molecule has 0 amide bonds. The summed E-state index contributed by atoms with van der Waals surface area (Å²) in [5, 5.41) is 13.2. The van der Waals surface area contributed by atoms with Crippen molar-refractivity contribution in [3.8, 4) is 45.0 Å². The molecule has 0 saturated heterocycles. The lowest BCUT2D eigenvalue weighted by molar-refractivity contribution is 0.669. The van der Waals surface area contributed by atoms with Gasteiger partial charge in [-0.2, -0.15) is 0 Å². The molecule has 90 heavy (non-hydrogen) atoms. The number of benzene rings is 14. The van der Waals surface area contributed by atoms with Crippen molar-refractivity contribution in [2.75, 3.05) is 0 Å². The first-order valence-corrected chi connectivity index (χ1v) is 30.7. The molecule has 19 rings (SSSR count). The van der Waals surface area contributed by atoms with Gasteiger partial charge in [0.2, 0.25) is 0 Å². The fourth-order valence-electron chi connectivity index (χ4n) is 14.7. The van der Waals surface area contributed by atoms with Crippen LogP contribution in [0.25, 0.3) is 176 Å². The van der Waals surface area contributed by atoms with Crippen LogP contribution in [0.2, 0.25) is 0 Å². The zero-order valence-corrected chi connectivity index (χ0v) is 48.6. The summed E-state index contributed by atoms with van der Waals surface area (Å²) < 4.78 is 23.6. The first kappa shape index (κ1) is 50.1. The van der Waals surface area contributed by atoms with E-state index in [0.29, 0.717) is 0 Å². The van der Waals surface area contributed by atoms with Gasteiger partial charge in [0.25, 0.3) is 0 Å². The second kappa shape index (κ2) is 19.7. The Hall–Kier alpha value is -12.1. The molecule has 0 saturated carbocycles. The van der Waals surface area contributed by atoms with Gasteiger partial charge in [-0.3, -0.25) is 0 Å². The molecule has 0 aliphatic carbocycles. The zero-order chi connectivity index (χ0) is 59.0. The molecule has 15 aromatic carbocycles. The van der Waals surface area contributed by atoms with Crippen LogP contribution in [-0.4, -0.2) is 18.3 Å². The minimum Gasteiger partial charge on any atom is -0.455 e. The monoisotopic (exact) mass is 1150 g/mol. The number of hydrogen-bond donors (Lipinski definition) is 0. The largest absolute Gasteiger partial charge is 0.455 e. The van der Waals surface area contributed by atoms with Crippen molar-refractivity contribution >= 4 is 131 Å². The summed E-state index contributed by atoms with van der Waals surface area (Å²) in [5.74, 6) is 0. The summed E-state index contributed by atoms with van der Waals surface area (Å²) >= 11 is 0. The Labute approximate surface area is 515 Å². The molecular formula is C84H52N4O2. The van der Waals surface area contributed by atoms with Crippen LogP contribution in [0, 0.1) is 0 Å². The van der Waals surface area contributed by atoms with Gasteiger partial charge in [0.15, 0.2) is 0 Å². The van der Waals surface area contributed by atoms with E-state index in [4.69, 9.17) is 8.83 Å². The van der Waals surface area contributed by atoms with Gasteiger partial charge in [0.05, 0.1) is 44.1 Å². The molecular weight excluding hydrogens is 1100 g/mol. The van der Waals surface area contributed by atoms with Gasteiger partial charge in [-0.25, -0.2) is 0 Å². The molecule has 4 heterocycles. The van der Waals surface area contributed by atoms with Crippen molar-refractivity contribution in [2.45, 2.75) is 0 Å². The van der Waals surface area contributed by atoms with Crippen molar-refractivity contribution in [3.63, 3.8) is 0 Å². The molecule has 420 valence electrons. The fraction of sp³-hybridized carbons (Fsp3) is 0. The SMILES string of the molecule is c1ccc(-n2c3ccccc3n(-c3ccccc3)c3cc4c5cc(-c6cccc7c6oc6ccccc67)ccc5c5cc6c(cc5c5cc(-c7cccc8c7oc7ccccc78)ccc5c4cc32)n(-c2ccccc2)c2ccccc2n6-c2ccccc2)cc1. The molecule has 0 bridgehead atoms. The van der Waals surface area contributed by atoms with Gasteiger partial charge < -0.3 is 27.1 Å². The molecule has 4 aromatic heterocycles. The topological polar surface area (TPSA) is 46.0 Å². The number of nitrogens with zero attached hydrogens (tertiary/aromatic N) is 4. The van der Waals surface area contributed by atoms with Crippen LogP contribution in [0.5, 0.6) is 0 Å². The summed E-state index contributed by atoms with van der Waals surface area (Å²) in [4.78, 5) is 0. The zero-order valence-electron chi connectivity index (χ0n) is 48.6. The second-order valence-corrected chi connectivity index (χ2v) is 23.5. The average molecular weight is 1150 g/mol. The van der Waals surface area contributed by atoms with Gasteiger partial charge in [-0.15, -0.1) is 0 Å². The van der Waals surface area contributed by atoms with Crippen molar-refractivity contribution in [3.05, 3.63) is 315 Å². The Morgan fingerprint density at radius 1 is 0.178 bits per heavy atom. The smallest absolute Gasteiger partial charge is 0.143 e. The number of hydrogen-bond acceptors (Lipinski definition) is 2. The predicted molar refractivity (Wildman–Crippen MR) is 376 cm³/mol. The molecule has 0 N–H and O–H groups in total. The lowest BCUT2D eigenvalue weighted by atomic mass is 9.90. The van der Waals surface area contributed by atoms with E-state index in [1.807, 2.05) is 0 Å². The molecule has 0 atom stereocenters. The van der Waals surface area contributed by atoms with Gasteiger partial charge >= 0.3 is 0 Å². The normalized spacial score (nSPS) is 12.0. The molecule has 19 aromatic rings. The predicted octanol–water partition coefficient (Wildman–Crippen LogP) is 22.9. The first-order chi connectivity index (χ1) is 44.7. The number of fused-ring (bicyclic) bond motifs is 18. The van der Waals surface area contributed by atoms with E-state index in [-0.39, 0.29) is 0 Å². The molecule has 6 heteroatoms. The van der Waals surface area contributed by atoms with E-state index < -0.39 is 0 Å². The number of rotatable bonds is 6. The lowest BCUT2D eigenvalue weighted by Gasteiger charge is -2.24. The number of para-hydroxylation sites is 12. The van der Waals surface area contributed by atoms with Crippen LogP contribution >= 0.6 is 0 Å². The van der Waals surface area contributed by atoms with Crippen molar-refractivity contribution < 1.29 is 8.83 Å². The van der Waals surface area contributed by atoms with Crippen LogP contribution in [0.3, 0.4) is 0 Å². The summed E-state index contributed by atoms with van der Waals surface area (Å²) in [6, 6.07) is 115. The highest BCUT2D eigenvalue weighted by Gasteiger charge is 2.23. The number of furan rings is 2. The summed E-state index contributed by atoms with van der Waals surface area (Å²) in [7, 11) is 0. The van der Waals surface area contributed by atoms with Gasteiger partial charge in [0.1, 0.15) is 22.3 Å². The van der Waals surface area contributed by atoms with E-state index in [0.717, 1.165) is 176 Å². The maximum Gasteiger partial charge on any atom is 0.143 e. The highest BCUT2D eigenvalue weighted by molar-refractivity contribution is 6.30. The minimum absolute atomic E-state index is 0.866. The lowest BCUT2D eigenvalue weighted by Crippen LogP contribution is -2.08. The van der Waals surface area contributed by atoms with E-state index in [2.05, 4.69) is 334 Å². The van der Waals surface area contributed by atoms with Crippen LogP contribution in [0.15, 0.2) is 324 Å². The van der Waals surface area contributed by atoms with Gasteiger partial charge in [-0.1, -0.05) is 194 Å². The van der Waals surface area contributed by atoms with Crippen molar-refractivity contribution in [1.29, 1.82) is 0 Å². The maximum atomic E-state index is 6.88. The quantitative estimate of drug-likeness (QED) is 0.156. The Morgan fingerprint density at radius 2 is 0.456 bits per heavy atom. The Balaban J connectivity index is 1.07. The summed E-state index contributed by atoms with van der Waals surface area (Å²) in [6.07, 6.45) is 0. The van der Waals surface area contributed by atoms with Crippen LogP contribution < -0.4 is 0 Å². The highest BCUT2D eigenvalue weighted by atomic mass is 16.3. The highest BCUT2D eigenvalue weighted by Crippen LogP contribution is 2.46.